The van der Waals surface area contributed by atoms with Gasteiger partial charge < -0.3 is 28.6 Å². The standard InChI is InChI=1S/C29H38NO6P/c1-20-27(34-2)16-25(17-28(20)35-3)29(31)26(15-22-13-23-7-5-6-8-24(23)14-22)19-30-11-9-21(18-30)10-12-37(32,33)36-4/h5-9,11,16-18,22,26,29,31H,10,12-15,19H2,1-4H3,(H,32,33)/t26-,29+/m0/s1. The van der Waals surface area contributed by atoms with E-state index in [0.717, 1.165) is 36.0 Å². The smallest absolute Gasteiger partial charge is 0.328 e. The zero-order valence-electron chi connectivity index (χ0n) is 22.1. The Balaban J connectivity index is 1.56. The molecular weight excluding hydrogens is 489 g/mol. The number of rotatable bonds is 12. The predicted molar refractivity (Wildman–Crippen MR) is 145 cm³/mol. The van der Waals surface area contributed by atoms with Crippen LogP contribution in [0, 0.1) is 18.8 Å². The number of aliphatic hydroxyl groups excluding tert-OH is 1. The molecule has 1 aliphatic rings. The van der Waals surface area contributed by atoms with Crippen LogP contribution in [0.15, 0.2) is 54.9 Å². The monoisotopic (exact) mass is 527 g/mol. The van der Waals surface area contributed by atoms with Gasteiger partial charge in [0, 0.05) is 37.5 Å². The van der Waals surface area contributed by atoms with Gasteiger partial charge in [-0.2, -0.15) is 0 Å². The minimum atomic E-state index is -3.55. The van der Waals surface area contributed by atoms with Gasteiger partial charge in [-0.3, -0.25) is 4.57 Å². The van der Waals surface area contributed by atoms with E-state index in [-0.39, 0.29) is 12.1 Å². The SMILES string of the molecule is COc1cc([C@@H](O)[C@@H](CC2Cc3ccccc3C2)Cn2ccc(CCP(=O)(O)OC)c2)cc(OC)c1C. The summed E-state index contributed by atoms with van der Waals surface area (Å²) in [4.78, 5) is 9.75. The molecule has 1 aromatic heterocycles. The Morgan fingerprint density at radius 3 is 2.24 bits per heavy atom. The molecule has 0 fully saturated rings. The summed E-state index contributed by atoms with van der Waals surface area (Å²) in [6.45, 7) is 2.56. The number of benzene rings is 2. The molecule has 0 saturated carbocycles. The Kier molecular flexibility index (Phi) is 8.81. The van der Waals surface area contributed by atoms with Crippen molar-refractivity contribution < 1.29 is 28.6 Å². The summed E-state index contributed by atoms with van der Waals surface area (Å²) < 4.78 is 29.8. The van der Waals surface area contributed by atoms with Crippen LogP contribution in [-0.2, 0) is 34.9 Å². The summed E-state index contributed by atoms with van der Waals surface area (Å²) in [6.07, 6.45) is 6.66. The first-order valence-corrected chi connectivity index (χ1v) is 14.5. The molecule has 3 aromatic rings. The molecule has 0 amide bonds. The zero-order chi connectivity index (χ0) is 26.6. The Bertz CT molecular complexity index is 1200. The average molecular weight is 528 g/mol. The van der Waals surface area contributed by atoms with Crippen LogP contribution in [0.3, 0.4) is 0 Å². The number of aryl methyl sites for hydroxylation is 1. The van der Waals surface area contributed by atoms with E-state index in [2.05, 4.69) is 28.8 Å². The van der Waals surface area contributed by atoms with E-state index >= 15 is 0 Å². The molecule has 2 aromatic carbocycles. The summed E-state index contributed by atoms with van der Waals surface area (Å²) in [5.41, 5.74) is 5.43. The van der Waals surface area contributed by atoms with Gasteiger partial charge in [0.05, 0.1) is 26.5 Å². The van der Waals surface area contributed by atoms with Crippen molar-refractivity contribution in [2.75, 3.05) is 27.5 Å². The van der Waals surface area contributed by atoms with E-state index in [0.29, 0.717) is 30.4 Å². The fourth-order valence-electron chi connectivity index (χ4n) is 5.48. The van der Waals surface area contributed by atoms with Crippen molar-refractivity contribution in [2.24, 2.45) is 11.8 Å². The van der Waals surface area contributed by atoms with Crippen LogP contribution in [0.2, 0.25) is 0 Å². The van der Waals surface area contributed by atoms with E-state index in [1.165, 1.54) is 18.2 Å². The van der Waals surface area contributed by atoms with Gasteiger partial charge in [-0.15, -0.1) is 0 Å². The van der Waals surface area contributed by atoms with Crippen molar-refractivity contribution >= 4 is 7.60 Å². The number of hydrogen-bond donors (Lipinski definition) is 2. The van der Waals surface area contributed by atoms with Gasteiger partial charge in [-0.05, 0) is 79.0 Å². The maximum atomic E-state index is 11.9. The minimum Gasteiger partial charge on any atom is -0.496 e. The molecule has 4 rings (SSSR count). The molecule has 2 N–H and O–H groups in total. The quantitative estimate of drug-likeness (QED) is 0.309. The van der Waals surface area contributed by atoms with E-state index in [4.69, 9.17) is 14.0 Å². The van der Waals surface area contributed by atoms with Crippen molar-refractivity contribution in [3.05, 3.63) is 82.7 Å². The lowest BCUT2D eigenvalue weighted by atomic mass is 9.85. The van der Waals surface area contributed by atoms with E-state index < -0.39 is 13.7 Å². The topological polar surface area (TPSA) is 90.2 Å². The molecule has 0 saturated heterocycles. The molecule has 1 aliphatic carbocycles. The lowest BCUT2D eigenvalue weighted by Crippen LogP contribution is -2.22. The fourth-order valence-corrected chi connectivity index (χ4v) is 6.21. The van der Waals surface area contributed by atoms with Gasteiger partial charge in [0.15, 0.2) is 0 Å². The molecule has 0 radical (unpaired) electrons. The number of methoxy groups -OCH3 is 2. The Morgan fingerprint density at radius 1 is 1.05 bits per heavy atom. The van der Waals surface area contributed by atoms with Crippen molar-refractivity contribution in [1.29, 1.82) is 0 Å². The first-order valence-electron chi connectivity index (χ1n) is 12.7. The molecule has 0 spiro atoms. The fraction of sp³-hybridized carbons (Fsp3) is 0.448. The van der Waals surface area contributed by atoms with Gasteiger partial charge in [-0.1, -0.05) is 24.3 Å². The Hall–Kier alpha value is -2.57. The highest BCUT2D eigenvalue weighted by atomic mass is 31.2. The van der Waals surface area contributed by atoms with Crippen LogP contribution in [0.25, 0.3) is 0 Å². The van der Waals surface area contributed by atoms with Crippen LogP contribution < -0.4 is 9.47 Å². The first-order chi connectivity index (χ1) is 17.7. The molecule has 37 heavy (non-hydrogen) atoms. The normalized spacial score (nSPS) is 16.7. The third-order valence-corrected chi connectivity index (χ3v) is 8.92. The van der Waals surface area contributed by atoms with Crippen molar-refractivity contribution in [2.45, 2.75) is 45.3 Å². The van der Waals surface area contributed by atoms with Gasteiger partial charge in [-0.25, -0.2) is 0 Å². The van der Waals surface area contributed by atoms with Crippen LogP contribution in [0.1, 0.15) is 40.3 Å². The van der Waals surface area contributed by atoms with Crippen LogP contribution in [-0.4, -0.2) is 42.1 Å². The summed E-state index contributed by atoms with van der Waals surface area (Å²) >= 11 is 0. The predicted octanol–water partition coefficient (Wildman–Crippen LogP) is 5.34. The van der Waals surface area contributed by atoms with Crippen molar-refractivity contribution in [1.82, 2.24) is 4.57 Å². The molecule has 1 heterocycles. The van der Waals surface area contributed by atoms with E-state index in [1.54, 1.807) is 14.2 Å². The summed E-state index contributed by atoms with van der Waals surface area (Å²) in [5.74, 6) is 1.77. The first kappa shape index (κ1) is 27.5. The second-order valence-corrected chi connectivity index (χ2v) is 12.1. The second-order valence-electron chi connectivity index (χ2n) is 10.0. The molecule has 1 unspecified atom stereocenters. The summed E-state index contributed by atoms with van der Waals surface area (Å²) in [5, 5.41) is 11.7. The molecule has 8 heteroatoms. The molecule has 0 bridgehead atoms. The van der Waals surface area contributed by atoms with E-state index in [1.807, 2.05) is 37.5 Å². The molecular formula is C29H38NO6P. The number of fused-ring (bicyclic) bond motifs is 1. The minimum absolute atomic E-state index is 0.0559. The van der Waals surface area contributed by atoms with Crippen molar-refractivity contribution in [3.63, 3.8) is 0 Å². The zero-order valence-corrected chi connectivity index (χ0v) is 23.0. The second kappa shape index (κ2) is 11.9. The number of aromatic nitrogens is 1. The average Bonchev–Trinajstić information content (AvgIpc) is 3.53. The van der Waals surface area contributed by atoms with Gasteiger partial charge in [0.25, 0.3) is 0 Å². The summed E-state index contributed by atoms with van der Waals surface area (Å²) in [6, 6.07) is 14.4. The van der Waals surface area contributed by atoms with Crippen molar-refractivity contribution in [3.8, 4) is 11.5 Å². The molecule has 200 valence electrons. The lowest BCUT2D eigenvalue weighted by Gasteiger charge is -2.27. The number of hydrogen-bond acceptors (Lipinski definition) is 5. The Morgan fingerprint density at radius 2 is 1.68 bits per heavy atom. The lowest BCUT2D eigenvalue weighted by molar-refractivity contribution is 0.0815. The van der Waals surface area contributed by atoms with E-state index in [9.17, 15) is 14.6 Å². The van der Waals surface area contributed by atoms with Gasteiger partial charge in [0.1, 0.15) is 11.5 Å². The van der Waals surface area contributed by atoms with Gasteiger partial charge >= 0.3 is 7.60 Å². The highest BCUT2D eigenvalue weighted by Gasteiger charge is 2.30. The van der Waals surface area contributed by atoms with Crippen LogP contribution in [0.4, 0.5) is 0 Å². The largest absolute Gasteiger partial charge is 0.496 e. The van der Waals surface area contributed by atoms with Crippen LogP contribution in [0.5, 0.6) is 11.5 Å². The third-order valence-electron chi connectivity index (χ3n) is 7.56. The maximum Gasteiger partial charge on any atom is 0.328 e. The number of nitrogens with zero attached hydrogens (tertiary/aromatic N) is 1. The molecule has 7 nitrogen and oxygen atoms in total. The third kappa shape index (κ3) is 6.66. The maximum absolute atomic E-state index is 11.9. The van der Waals surface area contributed by atoms with Gasteiger partial charge in [0.2, 0.25) is 0 Å². The highest BCUT2D eigenvalue weighted by molar-refractivity contribution is 7.52. The number of aliphatic hydroxyl groups is 1. The molecule has 0 aliphatic heterocycles. The number of ether oxygens (including phenoxy) is 2. The molecule has 3 atom stereocenters. The highest BCUT2D eigenvalue weighted by Crippen LogP contribution is 2.41. The summed E-state index contributed by atoms with van der Waals surface area (Å²) in [7, 11) is 0.956. The van der Waals surface area contributed by atoms with Crippen LogP contribution >= 0.6 is 7.60 Å². The Labute approximate surface area is 219 Å².